The minimum absolute atomic E-state index is 0.0829. The van der Waals surface area contributed by atoms with Gasteiger partial charge in [0.2, 0.25) is 6.79 Å². The van der Waals surface area contributed by atoms with Gasteiger partial charge in [0.1, 0.15) is 0 Å². The van der Waals surface area contributed by atoms with Gasteiger partial charge in [-0.25, -0.2) is 0 Å². The summed E-state index contributed by atoms with van der Waals surface area (Å²) in [6.07, 6.45) is 1.56. The van der Waals surface area contributed by atoms with E-state index in [0.717, 1.165) is 0 Å². The van der Waals surface area contributed by atoms with E-state index >= 15 is 0 Å². The monoisotopic (exact) mass is 328 g/mol. The highest BCUT2D eigenvalue weighted by molar-refractivity contribution is 6.32. The van der Waals surface area contributed by atoms with Crippen molar-refractivity contribution < 1.29 is 14.4 Å². The van der Waals surface area contributed by atoms with Crippen molar-refractivity contribution >= 4 is 28.9 Å². The van der Waals surface area contributed by atoms with Crippen LogP contribution in [-0.2, 0) is 0 Å². The summed E-state index contributed by atoms with van der Waals surface area (Å²) in [7, 11) is 0. The van der Waals surface area contributed by atoms with Crippen molar-refractivity contribution in [3.63, 3.8) is 0 Å². The number of benzene rings is 2. The fraction of sp³-hybridized carbons (Fsp3) is 0.0625. The van der Waals surface area contributed by atoms with Gasteiger partial charge in [-0.15, -0.1) is 0 Å². The Hall–Kier alpha value is -3.04. The van der Waals surface area contributed by atoms with E-state index in [1.807, 2.05) is 6.07 Å². The van der Waals surface area contributed by atoms with E-state index in [2.05, 4.69) is 0 Å². The number of ether oxygens (including phenoxy) is 2. The van der Waals surface area contributed by atoms with Gasteiger partial charge in [0, 0.05) is 18.2 Å². The average molecular weight is 329 g/mol. The number of hydrogen-bond donors (Lipinski definition) is 0. The summed E-state index contributed by atoms with van der Waals surface area (Å²) in [6.45, 7) is 0.120. The van der Waals surface area contributed by atoms with Crippen molar-refractivity contribution in [2.24, 2.45) is 0 Å². The first-order valence-electron chi connectivity index (χ1n) is 6.54. The van der Waals surface area contributed by atoms with Gasteiger partial charge >= 0.3 is 0 Å². The van der Waals surface area contributed by atoms with Gasteiger partial charge < -0.3 is 9.47 Å². The van der Waals surface area contributed by atoms with Crippen LogP contribution in [0.4, 0.5) is 5.69 Å². The van der Waals surface area contributed by atoms with E-state index in [1.54, 1.807) is 24.3 Å². The molecular weight excluding hydrogens is 320 g/mol. The predicted molar refractivity (Wildman–Crippen MR) is 84.2 cm³/mol. The Morgan fingerprint density at radius 1 is 1.30 bits per heavy atom. The van der Waals surface area contributed by atoms with E-state index < -0.39 is 4.92 Å². The molecule has 0 atom stereocenters. The van der Waals surface area contributed by atoms with Crippen LogP contribution >= 0.6 is 11.6 Å². The molecule has 1 heterocycles. The zero-order chi connectivity index (χ0) is 16.4. The maximum Gasteiger partial charge on any atom is 0.270 e. The van der Waals surface area contributed by atoms with Gasteiger partial charge in [-0.05, 0) is 23.3 Å². The lowest BCUT2D eigenvalue weighted by atomic mass is 10.0. The quantitative estimate of drug-likeness (QED) is 0.367. The van der Waals surface area contributed by atoms with Crippen LogP contribution in [0.15, 0.2) is 36.4 Å². The summed E-state index contributed by atoms with van der Waals surface area (Å²) in [5.74, 6) is 1.08. The van der Waals surface area contributed by atoms with Gasteiger partial charge in [0.15, 0.2) is 11.5 Å². The molecule has 0 N–H and O–H groups in total. The fourth-order valence-electron chi connectivity index (χ4n) is 2.17. The molecule has 0 spiro atoms. The predicted octanol–water partition coefficient (Wildman–Crippen LogP) is 4.04. The molecule has 0 aliphatic carbocycles. The Labute approximate surface area is 136 Å². The molecule has 7 heteroatoms. The molecule has 0 fully saturated rings. The first kappa shape index (κ1) is 14.9. The van der Waals surface area contributed by atoms with Crippen molar-refractivity contribution in [2.45, 2.75) is 0 Å². The van der Waals surface area contributed by atoms with E-state index in [9.17, 15) is 15.4 Å². The Bertz CT molecular complexity index is 871. The highest BCUT2D eigenvalue weighted by Crippen LogP contribution is 2.38. The molecule has 0 unspecified atom stereocenters. The smallest absolute Gasteiger partial charge is 0.270 e. The van der Waals surface area contributed by atoms with Gasteiger partial charge in [0.25, 0.3) is 5.69 Å². The number of fused-ring (bicyclic) bond motifs is 1. The molecule has 23 heavy (non-hydrogen) atoms. The van der Waals surface area contributed by atoms with Gasteiger partial charge in [-0.3, -0.25) is 10.1 Å². The lowest BCUT2D eigenvalue weighted by Crippen LogP contribution is -1.92. The van der Waals surface area contributed by atoms with Crippen molar-refractivity contribution in [1.29, 1.82) is 5.26 Å². The van der Waals surface area contributed by atoms with Crippen LogP contribution in [0.3, 0.4) is 0 Å². The maximum atomic E-state index is 10.9. The normalized spacial score (nSPS) is 12.8. The molecule has 0 saturated heterocycles. The molecule has 0 amide bonds. The molecule has 0 radical (unpaired) electrons. The largest absolute Gasteiger partial charge is 0.454 e. The number of nitriles is 1. The number of rotatable bonds is 3. The number of nitro groups is 1. The third-order valence-corrected chi connectivity index (χ3v) is 3.61. The summed E-state index contributed by atoms with van der Waals surface area (Å²) in [5.41, 5.74) is 1.18. The highest BCUT2D eigenvalue weighted by Gasteiger charge is 2.16. The van der Waals surface area contributed by atoms with Crippen molar-refractivity contribution in [1.82, 2.24) is 0 Å². The molecule has 0 bridgehead atoms. The van der Waals surface area contributed by atoms with Crippen molar-refractivity contribution in [3.05, 3.63) is 62.7 Å². The summed E-state index contributed by atoms with van der Waals surface area (Å²) in [4.78, 5) is 10.3. The summed E-state index contributed by atoms with van der Waals surface area (Å²) in [6, 6.07) is 11.2. The number of nitro benzene ring substituents is 1. The third kappa shape index (κ3) is 2.96. The second-order valence-electron chi connectivity index (χ2n) is 4.70. The summed E-state index contributed by atoms with van der Waals surface area (Å²) in [5, 5.41) is 20.6. The average Bonchev–Trinajstić information content (AvgIpc) is 2.99. The highest BCUT2D eigenvalue weighted by atomic mass is 35.5. The summed E-state index contributed by atoms with van der Waals surface area (Å²) < 4.78 is 10.5. The van der Waals surface area contributed by atoms with Crippen LogP contribution in [0, 0.1) is 21.4 Å². The molecule has 0 aromatic heterocycles. The number of halogens is 1. The molecule has 3 rings (SSSR count). The zero-order valence-electron chi connectivity index (χ0n) is 11.7. The SMILES string of the molecule is N#CC(=Cc1cc2c(cc1Cl)OCO2)c1cccc([N+](=O)[O-])c1. The molecule has 2 aromatic rings. The molecule has 0 saturated carbocycles. The Kier molecular flexibility index (Phi) is 3.87. The van der Waals surface area contributed by atoms with Crippen molar-refractivity contribution in [3.8, 4) is 17.6 Å². The van der Waals surface area contributed by atoms with Crippen LogP contribution in [-0.4, -0.2) is 11.7 Å². The van der Waals surface area contributed by atoms with E-state index in [1.165, 1.54) is 18.2 Å². The topological polar surface area (TPSA) is 85.4 Å². The first-order chi connectivity index (χ1) is 11.1. The van der Waals surface area contributed by atoms with Crippen LogP contribution in [0.25, 0.3) is 11.6 Å². The van der Waals surface area contributed by atoms with E-state index in [-0.39, 0.29) is 18.1 Å². The van der Waals surface area contributed by atoms with E-state index in [4.69, 9.17) is 21.1 Å². The third-order valence-electron chi connectivity index (χ3n) is 3.28. The van der Waals surface area contributed by atoms with Crippen LogP contribution < -0.4 is 9.47 Å². The van der Waals surface area contributed by atoms with Crippen LogP contribution in [0.5, 0.6) is 11.5 Å². The first-order valence-corrected chi connectivity index (χ1v) is 6.92. The summed E-state index contributed by atoms with van der Waals surface area (Å²) >= 11 is 6.18. The zero-order valence-corrected chi connectivity index (χ0v) is 12.4. The van der Waals surface area contributed by atoms with Crippen LogP contribution in [0.1, 0.15) is 11.1 Å². The molecule has 114 valence electrons. The maximum absolute atomic E-state index is 10.9. The number of non-ortho nitro benzene ring substituents is 1. The van der Waals surface area contributed by atoms with Crippen molar-refractivity contribution in [2.75, 3.05) is 6.79 Å². The van der Waals surface area contributed by atoms with E-state index in [0.29, 0.717) is 27.6 Å². The van der Waals surface area contributed by atoms with Gasteiger partial charge in [-0.1, -0.05) is 23.7 Å². The Balaban J connectivity index is 2.05. The minimum atomic E-state index is -0.508. The Morgan fingerprint density at radius 2 is 2.04 bits per heavy atom. The van der Waals surface area contributed by atoms with Gasteiger partial charge in [0.05, 0.1) is 21.6 Å². The molecule has 6 nitrogen and oxygen atoms in total. The number of nitrogens with zero attached hydrogens (tertiary/aromatic N) is 2. The second-order valence-corrected chi connectivity index (χ2v) is 5.11. The molecule has 1 aliphatic rings. The lowest BCUT2D eigenvalue weighted by Gasteiger charge is -2.04. The lowest BCUT2D eigenvalue weighted by molar-refractivity contribution is -0.384. The minimum Gasteiger partial charge on any atom is -0.454 e. The van der Waals surface area contributed by atoms with Crippen LogP contribution in [0.2, 0.25) is 5.02 Å². The van der Waals surface area contributed by atoms with Gasteiger partial charge in [-0.2, -0.15) is 5.26 Å². The molecular formula is C16H9ClN2O4. The standard InChI is InChI=1S/C16H9ClN2O4/c17-14-7-16-15(22-9-23-16)6-11(14)4-12(8-18)10-2-1-3-13(5-10)19(20)21/h1-7H,9H2. The second kappa shape index (κ2) is 5.99. The Morgan fingerprint density at radius 3 is 2.74 bits per heavy atom. The number of allylic oxidation sites excluding steroid dienone is 1. The fourth-order valence-corrected chi connectivity index (χ4v) is 2.37. The molecule has 1 aliphatic heterocycles. The number of hydrogen-bond acceptors (Lipinski definition) is 5. The molecule has 2 aromatic carbocycles.